The molecule has 0 aromatic carbocycles. The lowest BCUT2D eigenvalue weighted by atomic mass is 10.1. The molecule has 0 aliphatic rings. The largest absolute Gasteiger partial charge is 0.469 e. The topological polar surface area (TPSA) is 90.7 Å². The van der Waals surface area contributed by atoms with Crippen molar-refractivity contribution in [2.75, 3.05) is 13.7 Å². The fraction of sp³-hybridized carbons (Fsp3) is 0.867. The normalized spacial score (nSPS) is 10.2. The molecular weight excluding hydrogens is 254 g/mol. The van der Waals surface area contributed by atoms with Crippen LogP contribution in [0.2, 0.25) is 0 Å². The van der Waals surface area contributed by atoms with E-state index in [2.05, 4.69) is 9.73 Å². The number of hydrogen-bond acceptors (Lipinski definition) is 3. The summed E-state index contributed by atoms with van der Waals surface area (Å²) in [5, 5.41) is 0. The van der Waals surface area contributed by atoms with E-state index in [0.717, 1.165) is 25.8 Å². The number of methoxy groups -OCH3 is 1. The molecule has 5 nitrogen and oxygen atoms in total. The number of esters is 1. The molecule has 0 aromatic rings. The minimum absolute atomic E-state index is 0.0919. The van der Waals surface area contributed by atoms with Crippen molar-refractivity contribution in [1.29, 1.82) is 0 Å². The van der Waals surface area contributed by atoms with Gasteiger partial charge in [-0.25, -0.2) is 0 Å². The highest BCUT2D eigenvalue weighted by Crippen LogP contribution is 2.11. The number of carbonyl (C=O) groups excluding carboxylic acids is 1. The van der Waals surface area contributed by atoms with E-state index in [4.69, 9.17) is 11.5 Å². The first-order valence-electron chi connectivity index (χ1n) is 7.79. The second-order valence-corrected chi connectivity index (χ2v) is 5.17. The summed E-state index contributed by atoms with van der Waals surface area (Å²) in [6, 6.07) is 0. The Kier molecular flexibility index (Phi) is 13.3. The van der Waals surface area contributed by atoms with Crippen LogP contribution in [0.4, 0.5) is 0 Å². The average Bonchev–Trinajstić information content (AvgIpc) is 2.43. The summed E-state index contributed by atoms with van der Waals surface area (Å²) in [6.45, 7) is 0.753. The minimum atomic E-state index is -0.0919. The Morgan fingerprint density at radius 2 is 1.30 bits per heavy atom. The van der Waals surface area contributed by atoms with Crippen LogP contribution < -0.4 is 11.5 Å². The third-order valence-electron chi connectivity index (χ3n) is 3.31. The number of rotatable bonds is 13. The van der Waals surface area contributed by atoms with Gasteiger partial charge in [-0.05, 0) is 12.8 Å². The number of hydrogen-bond donors (Lipinski definition) is 2. The number of guanidine groups is 1. The second kappa shape index (κ2) is 14.2. The Bertz CT molecular complexity index is 264. The van der Waals surface area contributed by atoms with E-state index < -0.39 is 0 Å². The van der Waals surface area contributed by atoms with Gasteiger partial charge in [0, 0.05) is 13.0 Å². The molecule has 0 rings (SSSR count). The molecular formula is C15H31N3O2. The summed E-state index contributed by atoms with van der Waals surface area (Å²) in [4.78, 5) is 14.8. The van der Waals surface area contributed by atoms with Crippen molar-refractivity contribution in [1.82, 2.24) is 0 Å². The molecule has 0 spiro atoms. The van der Waals surface area contributed by atoms with Crippen LogP contribution in [0, 0.1) is 0 Å². The van der Waals surface area contributed by atoms with E-state index in [9.17, 15) is 4.79 Å². The van der Waals surface area contributed by atoms with E-state index in [-0.39, 0.29) is 11.9 Å². The molecule has 0 aliphatic carbocycles. The van der Waals surface area contributed by atoms with E-state index in [1.807, 2.05) is 0 Å². The number of nitrogens with zero attached hydrogens (tertiary/aromatic N) is 1. The first kappa shape index (κ1) is 18.7. The third kappa shape index (κ3) is 14.8. The Morgan fingerprint density at radius 1 is 0.850 bits per heavy atom. The monoisotopic (exact) mass is 285 g/mol. The molecule has 0 aromatic heterocycles. The van der Waals surface area contributed by atoms with Gasteiger partial charge in [-0.2, -0.15) is 0 Å². The van der Waals surface area contributed by atoms with Crippen LogP contribution in [0.3, 0.4) is 0 Å². The van der Waals surface area contributed by atoms with E-state index in [1.54, 1.807) is 0 Å². The number of carbonyl (C=O) groups is 1. The summed E-state index contributed by atoms with van der Waals surface area (Å²) in [5.74, 6) is 0.0999. The summed E-state index contributed by atoms with van der Waals surface area (Å²) >= 11 is 0. The van der Waals surface area contributed by atoms with E-state index >= 15 is 0 Å². The average molecular weight is 285 g/mol. The van der Waals surface area contributed by atoms with E-state index in [1.165, 1.54) is 52.1 Å². The fourth-order valence-electron chi connectivity index (χ4n) is 2.11. The number of ether oxygens (including phenoxy) is 1. The maximum absolute atomic E-state index is 10.9. The van der Waals surface area contributed by atoms with Crippen molar-refractivity contribution in [2.45, 2.75) is 70.6 Å². The molecule has 0 heterocycles. The third-order valence-corrected chi connectivity index (χ3v) is 3.31. The van der Waals surface area contributed by atoms with Crippen molar-refractivity contribution < 1.29 is 9.53 Å². The Labute approximate surface area is 123 Å². The van der Waals surface area contributed by atoms with Crippen molar-refractivity contribution in [3.63, 3.8) is 0 Å². The maximum Gasteiger partial charge on any atom is 0.305 e. The lowest BCUT2D eigenvalue weighted by Gasteiger charge is -2.02. The summed E-state index contributed by atoms with van der Waals surface area (Å²) in [6.07, 6.45) is 12.6. The predicted octanol–water partition coefficient (Wildman–Crippen LogP) is 2.72. The van der Waals surface area contributed by atoms with Gasteiger partial charge in [0.1, 0.15) is 0 Å². The number of unbranched alkanes of at least 4 members (excludes halogenated alkanes) is 9. The highest BCUT2D eigenvalue weighted by atomic mass is 16.5. The molecule has 0 aliphatic heterocycles. The molecule has 5 heteroatoms. The van der Waals surface area contributed by atoms with Crippen molar-refractivity contribution in [2.24, 2.45) is 16.5 Å². The van der Waals surface area contributed by atoms with Crippen LogP contribution in [-0.2, 0) is 9.53 Å². The maximum atomic E-state index is 10.9. The van der Waals surface area contributed by atoms with Gasteiger partial charge < -0.3 is 16.2 Å². The summed E-state index contributed by atoms with van der Waals surface area (Å²) < 4.78 is 4.60. The van der Waals surface area contributed by atoms with Crippen LogP contribution >= 0.6 is 0 Å². The first-order valence-corrected chi connectivity index (χ1v) is 7.79. The zero-order valence-corrected chi connectivity index (χ0v) is 12.9. The molecule has 0 saturated carbocycles. The van der Waals surface area contributed by atoms with Gasteiger partial charge >= 0.3 is 5.97 Å². The lowest BCUT2D eigenvalue weighted by Crippen LogP contribution is -2.22. The number of nitrogens with two attached hydrogens (primary N) is 2. The molecule has 4 N–H and O–H groups in total. The molecule has 0 fully saturated rings. The van der Waals surface area contributed by atoms with Crippen molar-refractivity contribution in [3.8, 4) is 0 Å². The van der Waals surface area contributed by atoms with Gasteiger partial charge in [0.15, 0.2) is 5.96 Å². The summed E-state index contributed by atoms with van der Waals surface area (Å²) in [7, 11) is 1.44. The quantitative estimate of drug-likeness (QED) is 0.235. The van der Waals surface area contributed by atoms with Gasteiger partial charge in [-0.1, -0.05) is 51.4 Å². The fourth-order valence-corrected chi connectivity index (χ4v) is 2.11. The SMILES string of the molecule is COC(=O)CCCCCCCCCCCCN=C(N)N. The van der Waals surface area contributed by atoms with Crippen LogP contribution in [0.25, 0.3) is 0 Å². The molecule has 0 saturated heterocycles. The molecule has 0 amide bonds. The Morgan fingerprint density at radius 3 is 1.75 bits per heavy atom. The molecule has 0 bridgehead atoms. The van der Waals surface area contributed by atoms with Crippen LogP contribution in [0.5, 0.6) is 0 Å². The smallest absolute Gasteiger partial charge is 0.305 e. The molecule has 0 atom stereocenters. The van der Waals surface area contributed by atoms with Gasteiger partial charge in [-0.3, -0.25) is 9.79 Å². The number of aliphatic imine (C=N–C) groups is 1. The van der Waals surface area contributed by atoms with Crippen molar-refractivity contribution >= 4 is 11.9 Å². The second-order valence-electron chi connectivity index (χ2n) is 5.17. The Balaban J connectivity index is 3.06. The van der Waals surface area contributed by atoms with Crippen LogP contribution in [0.1, 0.15) is 70.6 Å². The molecule has 20 heavy (non-hydrogen) atoms. The molecule has 118 valence electrons. The van der Waals surface area contributed by atoms with Gasteiger partial charge in [0.2, 0.25) is 0 Å². The zero-order chi connectivity index (χ0) is 15.1. The predicted molar refractivity (Wildman–Crippen MR) is 83.5 cm³/mol. The highest BCUT2D eigenvalue weighted by Gasteiger charge is 1.99. The van der Waals surface area contributed by atoms with E-state index in [0.29, 0.717) is 6.42 Å². The van der Waals surface area contributed by atoms with Gasteiger partial charge in [0.25, 0.3) is 0 Å². The van der Waals surface area contributed by atoms with Crippen LogP contribution in [0.15, 0.2) is 4.99 Å². The first-order chi connectivity index (χ1) is 9.66. The zero-order valence-electron chi connectivity index (χ0n) is 12.9. The van der Waals surface area contributed by atoms with Crippen LogP contribution in [-0.4, -0.2) is 25.6 Å². The molecule has 0 radical (unpaired) electrons. The molecule has 0 unspecified atom stereocenters. The minimum Gasteiger partial charge on any atom is -0.469 e. The highest BCUT2D eigenvalue weighted by molar-refractivity contribution is 5.75. The van der Waals surface area contributed by atoms with Crippen molar-refractivity contribution in [3.05, 3.63) is 0 Å². The standard InChI is InChI=1S/C15H31N3O2/c1-20-14(19)12-10-8-6-4-2-3-5-7-9-11-13-18-15(16)17/h2-13H2,1H3,(H4,16,17,18). The van der Waals surface area contributed by atoms with Gasteiger partial charge in [0.05, 0.1) is 7.11 Å². The Hall–Kier alpha value is -1.26. The summed E-state index contributed by atoms with van der Waals surface area (Å²) in [5.41, 5.74) is 10.5. The lowest BCUT2D eigenvalue weighted by molar-refractivity contribution is -0.140. The van der Waals surface area contributed by atoms with Gasteiger partial charge in [-0.15, -0.1) is 0 Å².